The van der Waals surface area contributed by atoms with Crippen molar-refractivity contribution in [2.24, 2.45) is 5.92 Å². The highest BCUT2D eigenvalue weighted by Crippen LogP contribution is 2.34. The number of nitrogens with zero attached hydrogens (tertiary/aromatic N) is 4. The number of hydrogen-bond acceptors (Lipinski definition) is 5. The quantitative estimate of drug-likeness (QED) is 0.844. The van der Waals surface area contributed by atoms with Gasteiger partial charge in [0.05, 0.1) is 5.39 Å². The molecule has 0 amide bonds. The Kier molecular flexibility index (Phi) is 4.58. The van der Waals surface area contributed by atoms with E-state index < -0.39 is 0 Å². The third-order valence-corrected chi connectivity index (χ3v) is 6.57. The first-order valence-corrected chi connectivity index (χ1v) is 10.3. The van der Waals surface area contributed by atoms with Crippen LogP contribution in [0.25, 0.3) is 10.2 Å². The van der Waals surface area contributed by atoms with E-state index in [0.717, 1.165) is 61.7 Å². The summed E-state index contributed by atoms with van der Waals surface area (Å²) < 4.78 is 1.96. The number of piperazine rings is 1. The average molecular weight is 361 g/mol. The lowest BCUT2D eigenvalue weighted by atomic mass is 9.97. The van der Waals surface area contributed by atoms with Crippen LogP contribution in [0.15, 0.2) is 4.79 Å². The number of fused-ring (bicyclic) bond motifs is 3. The van der Waals surface area contributed by atoms with Gasteiger partial charge in [-0.25, -0.2) is 4.98 Å². The van der Waals surface area contributed by atoms with E-state index in [-0.39, 0.29) is 5.56 Å². The molecule has 0 atom stereocenters. The number of rotatable bonds is 3. The largest absolute Gasteiger partial charge is 0.340 e. The first-order valence-electron chi connectivity index (χ1n) is 9.53. The van der Waals surface area contributed by atoms with Gasteiger partial charge in [0.15, 0.2) is 0 Å². The van der Waals surface area contributed by atoms with Gasteiger partial charge in [-0.2, -0.15) is 0 Å². The third kappa shape index (κ3) is 3.10. The molecule has 4 rings (SSSR count). The fraction of sp³-hybridized carbons (Fsp3) is 0.684. The molecule has 0 spiro atoms. The van der Waals surface area contributed by atoms with E-state index in [2.05, 4.69) is 30.7 Å². The Labute approximate surface area is 153 Å². The molecule has 136 valence electrons. The summed E-state index contributed by atoms with van der Waals surface area (Å²) in [4.78, 5) is 25.5. The molecule has 6 heteroatoms. The zero-order chi connectivity index (χ0) is 17.6. The minimum Gasteiger partial charge on any atom is -0.340 e. The molecule has 1 aliphatic carbocycles. The van der Waals surface area contributed by atoms with E-state index in [0.29, 0.717) is 5.92 Å². The van der Waals surface area contributed by atoms with Crippen molar-refractivity contribution in [1.29, 1.82) is 0 Å². The van der Waals surface area contributed by atoms with Crippen molar-refractivity contribution in [2.45, 2.75) is 46.1 Å². The van der Waals surface area contributed by atoms with Crippen molar-refractivity contribution in [3.63, 3.8) is 0 Å². The fourth-order valence-electron chi connectivity index (χ4n) is 4.01. The maximum atomic E-state index is 13.4. The van der Waals surface area contributed by atoms with Gasteiger partial charge in [0.25, 0.3) is 5.56 Å². The topological polar surface area (TPSA) is 41.4 Å². The zero-order valence-corrected chi connectivity index (χ0v) is 16.4. The molecule has 0 radical (unpaired) electrons. The SMILES string of the molecule is CC(C)Cn1c(N2CCN(C)CC2)nc2sc3c(c2c1=O)CCCC3. The van der Waals surface area contributed by atoms with E-state index in [1.165, 1.54) is 23.3 Å². The number of thiophene rings is 1. The van der Waals surface area contributed by atoms with Crippen molar-refractivity contribution in [3.05, 3.63) is 20.8 Å². The van der Waals surface area contributed by atoms with E-state index >= 15 is 0 Å². The summed E-state index contributed by atoms with van der Waals surface area (Å²) in [7, 11) is 2.16. The second-order valence-corrected chi connectivity index (χ2v) is 8.99. The Balaban J connectivity index is 1.87. The van der Waals surface area contributed by atoms with Crippen LogP contribution in [-0.4, -0.2) is 47.7 Å². The van der Waals surface area contributed by atoms with Crippen molar-refractivity contribution in [1.82, 2.24) is 14.5 Å². The maximum Gasteiger partial charge on any atom is 0.263 e. The third-order valence-electron chi connectivity index (χ3n) is 5.39. The average Bonchev–Trinajstić information content (AvgIpc) is 2.96. The van der Waals surface area contributed by atoms with Crippen LogP contribution in [0, 0.1) is 5.92 Å². The minimum atomic E-state index is 0.187. The Hall–Kier alpha value is -1.40. The molecule has 0 saturated carbocycles. The smallest absolute Gasteiger partial charge is 0.263 e. The first-order chi connectivity index (χ1) is 12.0. The molecule has 1 saturated heterocycles. The molecule has 3 heterocycles. The van der Waals surface area contributed by atoms with Crippen LogP contribution < -0.4 is 10.5 Å². The molecular formula is C19H28N4OS. The lowest BCUT2D eigenvalue weighted by Crippen LogP contribution is -2.47. The van der Waals surface area contributed by atoms with E-state index in [9.17, 15) is 4.79 Å². The summed E-state index contributed by atoms with van der Waals surface area (Å²) in [5.74, 6) is 1.32. The summed E-state index contributed by atoms with van der Waals surface area (Å²) in [6.07, 6.45) is 4.60. The van der Waals surface area contributed by atoms with Crippen molar-refractivity contribution < 1.29 is 0 Å². The van der Waals surface area contributed by atoms with Gasteiger partial charge < -0.3 is 9.80 Å². The van der Waals surface area contributed by atoms with Gasteiger partial charge >= 0.3 is 0 Å². The van der Waals surface area contributed by atoms with E-state index in [1.807, 2.05) is 4.57 Å². The second-order valence-electron chi connectivity index (χ2n) is 7.90. The molecule has 2 aromatic rings. The number of likely N-dealkylation sites (N-methyl/N-ethyl adjacent to an activating group) is 1. The molecule has 0 bridgehead atoms. The normalized spacial score (nSPS) is 19.0. The number of aryl methyl sites for hydroxylation is 2. The monoisotopic (exact) mass is 360 g/mol. The molecule has 0 N–H and O–H groups in total. The van der Waals surface area contributed by atoms with Crippen LogP contribution in [0.3, 0.4) is 0 Å². The van der Waals surface area contributed by atoms with Gasteiger partial charge in [0.1, 0.15) is 4.83 Å². The Morgan fingerprint density at radius 3 is 2.56 bits per heavy atom. The van der Waals surface area contributed by atoms with Crippen LogP contribution in [0.5, 0.6) is 0 Å². The Bertz CT molecular complexity index is 830. The van der Waals surface area contributed by atoms with Gasteiger partial charge in [-0.05, 0) is 44.2 Å². The van der Waals surface area contributed by atoms with Gasteiger partial charge in [0.2, 0.25) is 5.95 Å². The lowest BCUT2D eigenvalue weighted by molar-refractivity contribution is 0.308. The molecule has 5 nitrogen and oxygen atoms in total. The first kappa shape index (κ1) is 17.0. The molecule has 1 aliphatic heterocycles. The predicted octanol–water partition coefficient (Wildman–Crippen LogP) is 2.74. The molecule has 0 unspecified atom stereocenters. The van der Waals surface area contributed by atoms with Gasteiger partial charge in [-0.3, -0.25) is 9.36 Å². The van der Waals surface area contributed by atoms with Gasteiger partial charge in [-0.15, -0.1) is 11.3 Å². The van der Waals surface area contributed by atoms with Crippen LogP contribution in [0.1, 0.15) is 37.1 Å². The van der Waals surface area contributed by atoms with Crippen molar-refractivity contribution in [3.8, 4) is 0 Å². The zero-order valence-electron chi connectivity index (χ0n) is 15.5. The highest BCUT2D eigenvalue weighted by Gasteiger charge is 2.25. The summed E-state index contributed by atoms with van der Waals surface area (Å²) in [5, 5.41) is 0.915. The van der Waals surface area contributed by atoms with Gasteiger partial charge in [-0.1, -0.05) is 13.8 Å². The lowest BCUT2D eigenvalue weighted by Gasteiger charge is -2.34. The van der Waals surface area contributed by atoms with E-state index in [1.54, 1.807) is 11.3 Å². The molecular weight excluding hydrogens is 332 g/mol. The molecule has 0 aromatic carbocycles. The second kappa shape index (κ2) is 6.72. The Morgan fingerprint density at radius 2 is 1.84 bits per heavy atom. The molecule has 2 aliphatic rings. The fourth-order valence-corrected chi connectivity index (χ4v) is 5.25. The molecule has 1 fully saturated rings. The van der Waals surface area contributed by atoms with Crippen LogP contribution in [0.2, 0.25) is 0 Å². The number of hydrogen-bond donors (Lipinski definition) is 0. The maximum absolute atomic E-state index is 13.4. The number of aromatic nitrogens is 2. The van der Waals surface area contributed by atoms with Crippen LogP contribution in [-0.2, 0) is 19.4 Å². The molecule has 2 aromatic heterocycles. The molecule has 25 heavy (non-hydrogen) atoms. The summed E-state index contributed by atoms with van der Waals surface area (Å²) in [5.41, 5.74) is 1.48. The number of anilines is 1. The highest BCUT2D eigenvalue weighted by atomic mass is 32.1. The predicted molar refractivity (Wildman–Crippen MR) is 105 cm³/mol. The standard InChI is InChI=1S/C19H28N4OS/c1-13(2)12-23-18(24)16-14-6-4-5-7-15(14)25-17(16)20-19(23)22-10-8-21(3)9-11-22/h13H,4-12H2,1-3H3. The van der Waals surface area contributed by atoms with E-state index in [4.69, 9.17) is 4.98 Å². The summed E-state index contributed by atoms with van der Waals surface area (Å²) in [6, 6.07) is 0. The minimum absolute atomic E-state index is 0.187. The van der Waals surface area contributed by atoms with Crippen molar-refractivity contribution in [2.75, 3.05) is 38.1 Å². The van der Waals surface area contributed by atoms with Crippen LogP contribution >= 0.6 is 11.3 Å². The summed E-state index contributed by atoms with van der Waals surface area (Å²) in [6.45, 7) is 9.03. The Morgan fingerprint density at radius 1 is 1.12 bits per heavy atom. The van der Waals surface area contributed by atoms with Crippen molar-refractivity contribution >= 4 is 27.5 Å². The highest BCUT2D eigenvalue weighted by molar-refractivity contribution is 7.18. The van der Waals surface area contributed by atoms with Gasteiger partial charge in [0, 0.05) is 37.6 Å². The van der Waals surface area contributed by atoms with Crippen LogP contribution in [0.4, 0.5) is 5.95 Å². The summed E-state index contributed by atoms with van der Waals surface area (Å²) >= 11 is 1.76.